The second-order valence-electron chi connectivity index (χ2n) is 6.80. The van der Waals surface area contributed by atoms with E-state index in [2.05, 4.69) is 0 Å². The molecule has 0 bridgehead atoms. The SMILES string of the molecule is CCC(=O)C1=C(O)CC(=O)CC1c1c(C)c(C)c2c(c1C)CCO2. The summed E-state index contributed by atoms with van der Waals surface area (Å²) in [5.74, 6) is 0.476. The summed E-state index contributed by atoms with van der Waals surface area (Å²) >= 11 is 0. The molecule has 0 saturated carbocycles. The van der Waals surface area contributed by atoms with Crippen molar-refractivity contribution in [2.75, 3.05) is 6.61 Å². The second-order valence-corrected chi connectivity index (χ2v) is 6.80. The highest BCUT2D eigenvalue weighted by Gasteiger charge is 2.36. The van der Waals surface area contributed by atoms with Crippen molar-refractivity contribution in [2.24, 2.45) is 0 Å². The lowest BCUT2D eigenvalue weighted by Gasteiger charge is -2.29. The Morgan fingerprint density at radius 1 is 1.21 bits per heavy atom. The summed E-state index contributed by atoms with van der Waals surface area (Å²) in [6, 6.07) is 0. The molecule has 1 N–H and O–H groups in total. The number of aliphatic hydroxyl groups excluding tert-OH is 1. The van der Waals surface area contributed by atoms with E-state index in [1.165, 1.54) is 5.56 Å². The van der Waals surface area contributed by atoms with Crippen LogP contribution in [0, 0.1) is 20.8 Å². The minimum atomic E-state index is -0.344. The van der Waals surface area contributed by atoms with Gasteiger partial charge < -0.3 is 9.84 Å². The third-order valence-electron chi connectivity index (χ3n) is 5.46. The summed E-state index contributed by atoms with van der Waals surface area (Å²) in [6.45, 7) is 8.55. The number of ether oxygens (including phenoxy) is 1. The van der Waals surface area contributed by atoms with Crippen LogP contribution in [0.1, 0.15) is 59.9 Å². The van der Waals surface area contributed by atoms with Gasteiger partial charge in [-0.1, -0.05) is 6.92 Å². The van der Waals surface area contributed by atoms with Gasteiger partial charge in [0.2, 0.25) is 0 Å². The van der Waals surface area contributed by atoms with Crippen LogP contribution in [-0.4, -0.2) is 23.3 Å². The number of hydrogen-bond acceptors (Lipinski definition) is 4. The zero-order valence-corrected chi connectivity index (χ0v) is 14.8. The van der Waals surface area contributed by atoms with Gasteiger partial charge in [-0.05, 0) is 43.0 Å². The van der Waals surface area contributed by atoms with E-state index >= 15 is 0 Å². The minimum Gasteiger partial charge on any atom is -0.511 e. The number of rotatable bonds is 3. The molecule has 2 aliphatic rings. The Bertz CT molecular complexity index is 771. The minimum absolute atomic E-state index is 0.0154. The van der Waals surface area contributed by atoms with Crippen LogP contribution in [0.2, 0.25) is 0 Å². The van der Waals surface area contributed by atoms with E-state index in [0.717, 1.165) is 34.4 Å². The zero-order chi connectivity index (χ0) is 17.6. The molecule has 3 rings (SSSR count). The summed E-state index contributed by atoms with van der Waals surface area (Å²) in [7, 11) is 0. The van der Waals surface area contributed by atoms with E-state index in [9.17, 15) is 14.7 Å². The van der Waals surface area contributed by atoms with Crippen molar-refractivity contribution < 1.29 is 19.4 Å². The Balaban J connectivity index is 2.24. The summed E-state index contributed by atoms with van der Waals surface area (Å²) < 4.78 is 5.78. The summed E-state index contributed by atoms with van der Waals surface area (Å²) in [5.41, 5.74) is 5.86. The first-order chi connectivity index (χ1) is 11.4. The smallest absolute Gasteiger partial charge is 0.162 e. The summed E-state index contributed by atoms with van der Waals surface area (Å²) in [6.07, 6.45) is 1.44. The first kappa shape index (κ1) is 16.7. The lowest BCUT2D eigenvalue weighted by atomic mass is 9.74. The van der Waals surface area contributed by atoms with Gasteiger partial charge in [0.1, 0.15) is 17.3 Å². The van der Waals surface area contributed by atoms with E-state index in [1.54, 1.807) is 6.92 Å². The zero-order valence-electron chi connectivity index (χ0n) is 14.8. The van der Waals surface area contributed by atoms with Crippen LogP contribution in [0.15, 0.2) is 11.3 Å². The van der Waals surface area contributed by atoms with Gasteiger partial charge in [-0.2, -0.15) is 0 Å². The van der Waals surface area contributed by atoms with Gasteiger partial charge in [0.05, 0.1) is 13.0 Å². The van der Waals surface area contributed by atoms with Gasteiger partial charge in [-0.25, -0.2) is 0 Å². The van der Waals surface area contributed by atoms with Crippen LogP contribution >= 0.6 is 0 Å². The number of carbonyl (C=O) groups excluding carboxylic acids is 2. The molecule has 1 aromatic carbocycles. The van der Waals surface area contributed by atoms with Crippen LogP contribution in [0.4, 0.5) is 0 Å². The first-order valence-corrected chi connectivity index (χ1v) is 8.59. The number of aliphatic hydroxyl groups is 1. The van der Waals surface area contributed by atoms with Crippen molar-refractivity contribution in [3.05, 3.63) is 39.1 Å². The van der Waals surface area contributed by atoms with Crippen LogP contribution in [0.5, 0.6) is 5.75 Å². The van der Waals surface area contributed by atoms with Gasteiger partial charge in [-0.3, -0.25) is 9.59 Å². The van der Waals surface area contributed by atoms with Crippen molar-refractivity contribution >= 4 is 11.6 Å². The second kappa shape index (κ2) is 6.08. The van der Waals surface area contributed by atoms with Gasteiger partial charge >= 0.3 is 0 Å². The molecule has 0 amide bonds. The van der Waals surface area contributed by atoms with Crippen molar-refractivity contribution in [3.63, 3.8) is 0 Å². The molecule has 24 heavy (non-hydrogen) atoms. The Kier molecular flexibility index (Phi) is 4.24. The molecular formula is C20H24O4. The molecule has 0 fully saturated rings. The van der Waals surface area contributed by atoms with Crippen molar-refractivity contribution in [1.29, 1.82) is 0 Å². The number of hydrogen-bond donors (Lipinski definition) is 1. The molecule has 1 atom stereocenters. The summed E-state index contributed by atoms with van der Waals surface area (Å²) in [4.78, 5) is 24.6. The Morgan fingerprint density at radius 2 is 1.92 bits per heavy atom. The first-order valence-electron chi connectivity index (χ1n) is 8.59. The molecule has 1 unspecified atom stereocenters. The molecule has 1 heterocycles. The lowest BCUT2D eigenvalue weighted by Crippen LogP contribution is -2.24. The molecule has 1 aliphatic carbocycles. The Labute approximate surface area is 142 Å². The Hall–Kier alpha value is -2.10. The molecule has 0 spiro atoms. The molecule has 1 aromatic rings. The molecule has 4 heteroatoms. The molecule has 0 aromatic heterocycles. The topological polar surface area (TPSA) is 63.6 Å². The van der Waals surface area contributed by atoms with Gasteiger partial charge in [0, 0.05) is 36.3 Å². The van der Waals surface area contributed by atoms with E-state index in [1.807, 2.05) is 20.8 Å². The molecule has 0 saturated heterocycles. The molecule has 1 aliphatic heterocycles. The quantitative estimate of drug-likeness (QED) is 0.917. The average Bonchev–Trinajstić information content (AvgIpc) is 3.02. The fourth-order valence-corrected chi connectivity index (χ4v) is 4.16. The van der Waals surface area contributed by atoms with E-state index in [4.69, 9.17) is 4.74 Å². The van der Waals surface area contributed by atoms with Gasteiger partial charge in [0.15, 0.2) is 5.78 Å². The Morgan fingerprint density at radius 3 is 2.58 bits per heavy atom. The number of ketones is 2. The lowest BCUT2D eigenvalue weighted by molar-refractivity contribution is -0.120. The summed E-state index contributed by atoms with van der Waals surface area (Å²) in [5, 5.41) is 10.3. The maximum atomic E-state index is 12.5. The van der Waals surface area contributed by atoms with Crippen LogP contribution in [0.3, 0.4) is 0 Å². The maximum Gasteiger partial charge on any atom is 0.162 e. The van der Waals surface area contributed by atoms with E-state index in [-0.39, 0.29) is 36.1 Å². The van der Waals surface area contributed by atoms with Crippen molar-refractivity contribution in [2.45, 2.75) is 59.3 Å². The number of fused-ring (bicyclic) bond motifs is 1. The largest absolute Gasteiger partial charge is 0.511 e. The van der Waals surface area contributed by atoms with Crippen LogP contribution < -0.4 is 4.74 Å². The van der Waals surface area contributed by atoms with Gasteiger partial charge in [0.25, 0.3) is 0 Å². The highest BCUT2D eigenvalue weighted by atomic mass is 16.5. The number of carbonyl (C=O) groups is 2. The van der Waals surface area contributed by atoms with E-state index < -0.39 is 0 Å². The highest BCUT2D eigenvalue weighted by molar-refractivity contribution is 6.01. The molecule has 0 radical (unpaired) electrons. The third-order valence-corrected chi connectivity index (χ3v) is 5.46. The van der Waals surface area contributed by atoms with Crippen molar-refractivity contribution in [3.8, 4) is 5.75 Å². The maximum absolute atomic E-state index is 12.5. The highest BCUT2D eigenvalue weighted by Crippen LogP contribution is 2.45. The normalized spacial score (nSPS) is 20.2. The third kappa shape index (κ3) is 2.45. The predicted molar refractivity (Wildman–Crippen MR) is 91.8 cm³/mol. The fraction of sp³-hybridized carbons (Fsp3) is 0.500. The monoisotopic (exact) mass is 328 g/mol. The molecule has 128 valence electrons. The van der Waals surface area contributed by atoms with Crippen LogP contribution in [-0.2, 0) is 16.0 Å². The fourth-order valence-electron chi connectivity index (χ4n) is 4.16. The van der Waals surface area contributed by atoms with Gasteiger partial charge in [-0.15, -0.1) is 0 Å². The number of allylic oxidation sites excluding steroid dienone is 2. The van der Waals surface area contributed by atoms with Crippen LogP contribution in [0.25, 0.3) is 0 Å². The van der Waals surface area contributed by atoms with E-state index in [0.29, 0.717) is 18.6 Å². The molecule has 4 nitrogen and oxygen atoms in total. The average molecular weight is 328 g/mol. The number of benzene rings is 1. The predicted octanol–water partition coefficient (Wildman–Crippen LogP) is 3.78. The van der Waals surface area contributed by atoms with Crippen molar-refractivity contribution in [1.82, 2.24) is 0 Å². The standard InChI is InChI=1S/C20H24O4/c1-5-16(22)19-15(8-13(21)9-17(19)23)18-10(2)11(3)20-14(12(18)4)6-7-24-20/h15,23H,5-9H2,1-4H3. The number of Topliss-reactive ketones (excluding diaryl/α,β-unsaturated/α-hetero) is 2. The molecular weight excluding hydrogens is 304 g/mol.